The average Bonchev–Trinajstić information content (AvgIpc) is 2.73. The Morgan fingerprint density at radius 3 is 2.57 bits per heavy atom. The number of rotatable bonds is 1. The van der Waals surface area contributed by atoms with Crippen LogP contribution in [0.2, 0.25) is 0 Å². The molecule has 1 aromatic rings. The van der Waals surface area contributed by atoms with E-state index in [4.69, 9.17) is 0 Å². The molecule has 0 aromatic heterocycles. The fourth-order valence-corrected chi connectivity index (χ4v) is 2.83. The van der Waals surface area contributed by atoms with Crippen LogP contribution in [0.15, 0.2) is 24.3 Å². The molecule has 7 heteroatoms. The van der Waals surface area contributed by atoms with Gasteiger partial charge in [-0.05, 0) is 37.1 Å². The van der Waals surface area contributed by atoms with Crippen molar-refractivity contribution < 1.29 is 19.5 Å². The molecule has 1 spiro atoms. The number of nitrogens with zero attached hydrogens (tertiary/aromatic N) is 1. The Bertz CT molecular complexity index is 613. The number of imide groups is 1. The predicted molar refractivity (Wildman–Crippen MR) is 72.6 cm³/mol. The molecule has 2 aliphatic rings. The summed E-state index contributed by atoms with van der Waals surface area (Å²) in [5, 5.41) is 14.1. The van der Waals surface area contributed by atoms with E-state index in [-0.39, 0.29) is 24.1 Å². The molecule has 0 aliphatic carbocycles. The lowest BCUT2D eigenvalue weighted by molar-refractivity contribution is -0.125. The maximum absolute atomic E-state index is 12.4. The van der Waals surface area contributed by atoms with Gasteiger partial charge in [-0.2, -0.15) is 0 Å². The number of hydrogen-bond acceptors (Lipinski definition) is 4. The molecule has 110 valence electrons. The molecule has 0 saturated carbocycles. The van der Waals surface area contributed by atoms with Crippen LogP contribution < -0.4 is 10.6 Å². The Labute approximate surface area is 120 Å². The monoisotopic (exact) mass is 289 g/mol. The molecule has 3 N–H and O–H groups in total. The second kappa shape index (κ2) is 4.76. The smallest absolute Gasteiger partial charge is 0.322 e. The minimum absolute atomic E-state index is 0.0871. The molecular formula is C14H15N3O4. The van der Waals surface area contributed by atoms with Gasteiger partial charge in [0, 0.05) is 12.1 Å². The van der Waals surface area contributed by atoms with Gasteiger partial charge >= 0.3 is 6.03 Å². The zero-order chi connectivity index (χ0) is 15.0. The van der Waals surface area contributed by atoms with Gasteiger partial charge in [-0.25, -0.2) is 4.79 Å². The van der Waals surface area contributed by atoms with Crippen molar-refractivity contribution in [2.75, 3.05) is 13.1 Å². The zero-order valence-corrected chi connectivity index (χ0v) is 11.3. The second-order valence-corrected chi connectivity index (χ2v) is 5.37. The van der Waals surface area contributed by atoms with Crippen molar-refractivity contribution in [2.24, 2.45) is 0 Å². The highest BCUT2D eigenvalue weighted by Crippen LogP contribution is 2.25. The minimum Gasteiger partial charge on any atom is -0.508 e. The summed E-state index contributed by atoms with van der Waals surface area (Å²) in [5.74, 6) is -0.511. The van der Waals surface area contributed by atoms with E-state index in [0.717, 1.165) is 0 Å². The van der Waals surface area contributed by atoms with Gasteiger partial charge in [0.05, 0.1) is 6.54 Å². The molecule has 0 radical (unpaired) electrons. The zero-order valence-electron chi connectivity index (χ0n) is 11.3. The number of urea groups is 1. The predicted octanol–water partition coefficient (Wildman–Crippen LogP) is 0.206. The topological polar surface area (TPSA) is 98.7 Å². The van der Waals surface area contributed by atoms with Crippen LogP contribution in [0.25, 0.3) is 0 Å². The summed E-state index contributed by atoms with van der Waals surface area (Å²) in [6, 6.07) is 5.44. The third-order valence-corrected chi connectivity index (χ3v) is 3.91. The lowest BCUT2D eigenvalue weighted by Gasteiger charge is -2.38. The molecule has 1 unspecified atom stereocenters. The summed E-state index contributed by atoms with van der Waals surface area (Å²) < 4.78 is 0. The lowest BCUT2D eigenvalue weighted by Crippen LogP contribution is -2.59. The maximum atomic E-state index is 12.4. The molecule has 7 nitrogen and oxygen atoms in total. The summed E-state index contributed by atoms with van der Waals surface area (Å²) >= 11 is 0. The summed E-state index contributed by atoms with van der Waals surface area (Å²) in [7, 11) is 0. The van der Waals surface area contributed by atoms with Crippen molar-refractivity contribution in [3.05, 3.63) is 29.8 Å². The molecule has 1 atom stereocenters. The first kappa shape index (κ1) is 13.4. The van der Waals surface area contributed by atoms with Crippen molar-refractivity contribution in [2.45, 2.75) is 18.4 Å². The van der Waals surface area contributed by atoms with Crippen LogP contribution in [0.4, 0.5) is 4.79 Å². The lowest BCUT2D eigenvalue weighted by atomic mass is 9.89. The minimum atomic E-state index is -1.01. The third-order valence-electron chi connectivity index (χ3n) is 3.91. The van der Waals surface area contributed by atoms with Crippen LogP contribution in [0.5, 0.6) is 5.75 Å². The quantitative estimate of drug-likeness (QED) is 0.643. The van der Waals surface area contributed by atoms with Gasteiger partial charge in [0.2, 0.25) is 0 Å². The molecule has 3 rings (SSSR count). The highest BCUT2D eigenvalue weighted by atomic mass is 16.3. The van der Waals surface area contributed by atoms with Crippen LogP contribution in [-0.4, -0.2) is 46.5 Å². The normalized spacial score (nSPS) is 24.9. The van der Waals surface area contributed by atoms with E-state index in [1.807, 2.05) is 0 Å². The number of carbonyl (C=O) groups excluding carboxylic acids is 3. The molecule has 1 aromatic carbocycles. The van der Waals surface area contributed by atoms with Gasteiger partial charge in [0.25, 0.3) is 11.8 Å². The molecule has 21 heavy (non-hydrogen) atoms. The van der Waals surface area contributed by atoms with E-state index in [1.54, 1.807) is 4.90 Å². The fourth-order valence-electron chi connectivity index (χ4n) is 2.83. The first-order valence-corrected chi connectivity index (χ1v) is 6.72. The van der Waals surface area contributed by atoms with E-state index in [9.17, 15) is 19.5 Å². The number of nitrogens with one attached hydrogen (secondary N) is 2. The standard InChI is InChI=1S/C14H15N3O4/c18-10-4-2-9(3-5-10)11(19)17-7-1-6-14(8-17)12(20)15-13(21)16-14/h2-5,18H,1,6-8H2,(H2,15,16,20,21). The largest absolute Gasteiger partial charge is 0.508 e. The van der Waals surface area contributed by atoms with Gasteiger partial charge < -0.3 is 15.3 Å². The van der Waals surface area contributed by atoms with E-state index in [0.29, 0.717) is 24.9 Å². The van der Waals surface area contributed by atoms with Gasteiger partial charge in [-0.15, -0.1) is 0 Å². The van der Waals surface area contributed by atoms with Crippen molar-refractivity contribution in [3.63, 3.8) is 0 Å². The Morgan fingerprint density at radius 1 is 1.24 bits per heavy atom. The Balaban J connectivity index is 1.80. The van der Waals surface area contributed by atoms with Gasteiger partial charge in [-0.3, -0.25) is 14.9 Å². The highest BCUT2D eigenvalue weighted by Gasteiger charge is 2.49. The van der Waals surface area contributed by atoms with Crippen LogP contribution in [0.3, 0.4) is 0 Å². The summed E-state index contributed by atoms with van der Waals surface area (Å²) in [5.41, 5.74) is -0.573. The Kier molecular flexibility index (Phi) is 3.04. The molecule has 2 fully saturated rings. The van der Waals surface area contributed by atoms with Gasteiger partial charge in [-0.1, -0.05) is 0 Å². The number of hydrogen-bond donors (Lipinski definition) is 3. The average molecular weight is 289 g/mol. The van der Waals surface area contributed by atoms with Crippen LogP contribution in [0.1, 0.15) is 23.2 Å². The number of piperidine rings is 1. The molecule has 0 bridgehead atoms. The van der Waals surface area contributed by atoms with E-state index >= 15 is 0 Å². The van der Waals surface area contributed by atoms with E-state index < -0.39 is 11.6 Å². The number of phenolic OH excluding ortho intramolecular Hbond substituents is 1. The van der Waals surface area contributed by atoms with E-state index in [1.165, 1.54) is 24.3 Å². The molecule has 2 saturated heterocycles. The SMILES string of the molecule is O=C1NC(=O)C2(CCCN(C(=O)c3ccc(O)cc3)C2)N1. The van der Waals surface area contributed by atoms with Crippen molar-refractivity contribution >= 4 is 17.8 Å². The fraction of sp³-hybridized carbons (Fsp3) is 0.357. The van der Waals surface area contributed by atoms with Crippen LogP contribution >= 0.6 is 0 Å². The summed E-state index contributed by atoms with van der Waals surface area (Å²) in [6.07, 6.45) is 1.15. The van der Waals surface area contributed by atoms with Crippen molar-refractivity contribution in [3.8, 4) is 5.75 Å². The van der Waals surface area contributed by atoms with Crippen molar-refractivity contribution in [1.29, 1.82) is 0 Å². The first-order chi connectivity index (χ1) is 10.00. The number of phenols is 1. The number of benzene rings is 1. The number of likely N-dealkylation sites (tertiary alicyclic amines) is 1. The maximum Gasteiger partial charge on any atom is 0.322 e. The van der Waals surface area contributed by atoms with E-state index in [2.05, 4.69) is 10.6 Å². The number of aromatic hydroxyl groups is 1. The summed E-state index contributed by atoms with van der Waals surface area (Å²) in [4.78, 5) is 37.3. The van der Waals surface area contributed by atoms with Crippen LogP contribution in [0, 0.1) is 0 Å². The molecule has 4 amide bonds. The second-order valence-electron chi connectivity index (χ2n) is 5.37. The highest BCUT2D eigenvalue weighted by molar-refractivity contribution is 6.07. The Hall–Kier alpha value is -2.57. The van der Waals surface area contributed by atoms with Gasteiger partial charge in [0.15, 0.2) is 0 Å². The first-order valence-electron chi connectivity index (χ1n) is 6.72. The third kappa shape index (κ3) is 2.31. The Morgan fingerprint density at radius 2 is 1.95 bits per heavy atom. The summed E-state index contributed by atoms with van der Waals surface area (Å²) in [6.45, 7) is 0.689. The molecule has 2 heterocycles. The van der Waals surface area contributed by atoms with Crippen LogP contribution in [-0.2, 0) is 4.79 Å². The van der Waals surface area contributed by atoms with Crippen molar-refractivity contribution in [1.82, 2.24) is 15.5 Å². The molecular weight excluding hydrogens is 274 g/mol. The molecule has 2 aliphatic heterocycles. The number of carbonyl (C=O) groups is 3. The van der Waals surface area contributed by atoms with Gasteiger partial charge in [0.1, 0.15) is 11.3 Å². The number of amides is 4.